The molecule has 0 saturated heterocycles. The van der Waals surface area contributed by atoms with Crippen molar-refractivity contribution in [1.29, 1.82) is 0 Å². The third-order valence-corrected chi connectivity index (χ3v) is 1.68. The molecule has 0 fully saturated rings. The number of fused-ring (bicyclic) bond motifs is 1. The molecule has 0 bridgehead atoms. The summed E-state index contributed by atoms with van der Waals surface area (Å²) in [6.07, 6.45) is 4.81. The van der Waals surface area contributed by atoms with E-state index in [1.807, 2.05) is 0 Å². The fourth-order valence-corrected chi connectivity index (χ4v) is 1.10. The summed E-state index contributed by atoms with van der Waals surface area (Å²) in [5, 5.41) is 0. The minimum absolute atomic E-state index is 0.0826. The molecule has 4 nitrogen and oxygen atoms in total. The molecule has 0 spiro atoms. The standard InChI is InChI=1S/C7H5ClN2O2/c8-10-2-1-5-6(4-10)12-7(11)3-9-5/h1-2,4H,3H2. The first-order valence-corrected chi connectivity index (χ1v) is 3.69. The molecule has 5 heteroatoms. The van der Waals surface area contributed by atoms with Gasteiger partial charge in [0.1, 0.15) is 12.3 Å². The van der Waals surface area contributed by atoms with Crippen LogP contribution in [0.4, 0.5) is 0 Å². The quantitative estimate of drug-likeness (QED) is 0.413. The number of esters is 1. The molecule has 12 heavy (non-hydrogen) atoms. The van der Waals surface area contributed by atoms with E-state index in [-0.39, 0.29) is 12.5 Å². The zero-order chi connectivity index (χ0) is 8.55. The van der Waals surface area contributed by atoms with Crippen LogP contribution in [-0.4, -0.2) is 22.6 Å². The first kappa shape index (κ1) is 7.36. The Kier molecular flexibility index (Phi) is 1.62. The Morgan fingerprint density at radius 2 is 2.50 bits per heavy atom. The Bertz CT molecular complexity index is 319. The second kappa shape index (κ2) is 2.64. The number of allylic oxidation sites excluding steroid dienone is 1. The minimum atomic E-state index is -0.356. The van der Waals surface area contributed by atoms with Gasteiger partial charge in [0, 0.05) is 18.0 Å². The summed E-state index contributed by atoms with van der Waals surface area (Å²) in [4.78, 5) is 14.7. The highest BCUT2D eigenvalue weighted by Crippen LogP contribution is 2.16. The van der Waals surface area contributed by atoms with E-state index < -0.39 is 0 Å². The molecule has 0 radical (unpaired) electrons. The van der Waals surface area contributed by atoms with Crippen LogP contribution in [0.1, 0.15) is 0 Å². The summed E-state index contributed by atoms with van der Waals surface area (Å²) < 4.78 is 6.16. The molecule has 0 aromatic rings. The molecule has 0 unspecified atom stereocenters. The molecule has 2 aliphatic heterocycles. The maximum Gasteiger partial charge on any atom is 0.333 e. The minimum Gasteiger partial charge on any atom is -0.421 e. The molecule has 2 rings (SSSR count). The third kappa shape index (κ3) is 1.21. The third-order valence-electron chi connectivity index (χ3n) is 1.47. The van der Waals surface area contributed by atoms with Gasteiger partial charge in [0.15, 0.2) is 5.76 Å². The van der Waals surface area contributed by atoms with E-state index in [2.05, 4.69) is 4.99 Å². The van der Waals surface area contributed by atoms with Gasteiger partial charge in [-0.2, -0.15) is 0 Å². The molecule has 2 aliphatic rings. The second-order valence-electron chi connectivity index (χ2n) is 2.33. The van der Waals surface area contributed by atoms with Crippen molar-refractivity contribution in [2.75, 3.05) is 6.54 Å². The molecule has 0 N–H and O–H groups in total. The molecule has 0 amide bonds. The predicted molar refractivity (Wildman–Crippen MR) is 43.3 cm³/mol. The predicted octanol–water partition coefficient (Wildman–Crippen LogP) is 0.809. The van der Waals surface area contributed by atoms with Crippen LogP contribution in [0.2, 0.25) is 0 Å². The summed E-state index contributed by atoms with van der Waals surface area (Å²) in [5.41, 5.74) is 0.659. The van der Waals surface area contributed by atoms with Crippen molar-refractivity contribution >= 4 is 23.5 Å². The molecule has 0 aromatic heterocycles. The Labute approximate surface area is 73.9 Å². The zero-order valence-corrected chi connectivity index (χ0v) is 6.78. The van der Waals surface area contributed by atoms with Crippen LogP contribution in [-0.2, 0) is 9.53 Å². The molecule has 0 aromatic carbocycles. The van der Waals surface area contributed by atoms with Crippen molar-refractivity contribution in [3.05, 3.63) is 24.2 Å². The lowest BCUT2D eigenvalue weighted by molar-refractivity contribution is -0.137. The smallest absolute Gasteiger partial charge is 0.333 e. The van der Waals surface area contributed by atoms with E-state index in [0.29, 0.717) is 11.5 Å². The van der Waals surface area contributed by atoms with Gasteiger partial charge in [-0.05, 0) is 6.08 Å². The van der Waals surface area contributed by atoms with Crippen LogP contribution in [0.3, 0.4) is 0 Å². The number of halogens is 1. The van der Waals surface area contributed by atoms with Gasteiger partial charge in [-0.1, -0.05) is 0 Å². The maximum absolute atomic E-state index is 10.8. The van der Waals surface area contributed by atoms with Crippen molar-refractivity contribution in [2.24, 2.45) is 4.99 Å². The molecule has 0 saturated carbocycles. The largest absolute Gasteiger partial charge is 0.421 e. The van der Waals surface area contributed by atoms with Crippen molar-refractivity contribution in [2.45, 2.75) is 0 Å². The van der Waals surface area contributed by atoms with Gasteiger partial charge in [0.25, 0.3) is 0 Å². The zero-order valence-electron chi connectivity index (χ0n) is 6.03. The van der Waals surface area contributed by atoms with Crippen LogP contribution in [0.15, 0.2) is 29.2 Å². The van der Waals surface area contributed by atoms with Crippen molar-refractivity contribution < 1.29 is 9.53 Å². The highest BCUT2D eigenvalue weighted by atomic mass is 35.5. The molecule has 0 atom stereocenters. The number of hydrogen-bond acceptors (Lipinski definition) is 4. The summed E-state index contributed by atoms with van der Waals surface area (Å²) >= 11 is 5.61. The molecule has 0 aliphatic carbocycles. The highest BCUT2D eigenvalue weighted by molar-refractivity contribution is 6.18. The van der Waals surface area contributed by atoms with E-state index in [4.69, 9.17) is 16.5 Å². The first-order valence-electron chi connectivity index (χ1n) is 3.35. The van der Waals surface area contributed by atoms with Gasteiger partial charge >= 0.3 is 5.97 Å². The number of rotatable bonds is 0. The second-order valence-corrected chi connectivity index (χ2v) is 2.72. The molecule has 62 valence electrons. The van der Waals surface area contributed by atoms with Crippen LogP contribution < -0.4 is 0 Å². The van der Waals surface area contributed by atoms with E-state index in [1.54, 1.807) is 12.3 Å². The van der Waals surface area contributed by atoms with Gasteiger partial charge < -0.3 is 4.74 Å². The van der Waals surface area contributed by atoms with Crippen LogP contribution >= 0.6 is 11.8 Å². The summed E-state index contributed by atoms with van der Waals surface area (Å²) in [5.74, 6) is 0.0501. The van der Waals surface area contributed by atoms with Gasteiger partial charge in [-0.15, -0.1) is 0 Å². The molecule has 2 heterocycles. The van der Waals surface area contributed by atoms with Gasteiger partial charge in [-0.3, -0.25) is 9.41 Å². The van der Waals surface area contributed by atoms with Gasteiger partial charge in [0.2, 0.25) is 0 Å². The Hall–Kier alpha value is -1.29. The number of ether oxygens (including phenoxy) is 1. The van der Waals surface area contributed by atoms with E-state index in [0.717, 1.165) is 0 Å². The van der Waals surface area contributed by atoms with Gasteiger partial charge in [-0.25, -0.2) is 4.79 Å². The highest BCUT2D eigenvalue weighted by Gasteiger charge is 2.20. The van der Waals surface area contributed by atoms with Crippen molar-refractivity contribution in [3.63, 3.8) is 0 Å². The van der Waals surface area contributed by atoms with Crippen molar-refractivity contribution in [1.82, 2.24) is 4.42 Å². The van der Waals surface area contributed by atoms with Crippen LogP contribution in [0.25, 0.3) is 0 Å². The average Bonchev–Trinajstić information content (AvgIpc) is 2.03. The lowest BCUT2D eigenvalue weighted by Gasteiger charge is -2.18. The van der Waals surface area contributed by atoms with E-state index in [1.165, 1.54) is 10.6 Å². The van der Waals surface area contributed by atoms with E-state index >= 15 is 0 Å². The van der Waals surface area contributed by atoms with Crippen LogP contribution in [0, 0.1) is 0 Å². The summed E-state index contributed by atoms with van der Waals surface area (Å²) in [7, 11) is 0. The molecular weight excluding hydrogens is 180 g/mol. The fraction of sp³-hybridized carbons (Fsp3) is 0.143. The number of nitrogens with zero attached hydrogens (tertiary/aromatic N) is 2. The Morgan fingerprint density at radius 3 is 3.33 bits per heavy atom. The Balaban J connectivity index is 2.34. The number of hydrogen-bond donors (Lipinski definition) is 0. The monoisotopic (exact) mass is 184 g/mol. The van der Waals surface area contributed by atoms with E-state index in [9.17, 15) is 4.79 Å². The number of aliphatic imine (C=N–C) groups is 1. The first-order chi connectivity index (χ1) is 5.75. The fourth-order valence-electron chi connectivity index (χ4n) is 0.959. The van der Waals surface area contributed by atoms with Crippen LogP contribution in [0.5, 0.6) is 0 Å². The number of carbonyl (C=O) groups excluding carboxylic acids is 1. The average molecular weight is 185 g/mol. The lowest BCUT2D eigenvalue weighted by Crippen LogP contribution is -2.23. The Morgan fingerprint density at radius 1 is 1.67 bits per heavy atom. The lowest BCUT2D eigenvalue weighted by atomic mass is 10.2. The maximum atomic E-state index is 10.8. The normalized spacial score (nSPS) is 21.1. The van der Waals surface area contributed by atoms with Gasteiger partial charge in [0.05, 0.1) is 6.20 Å². The summed E-state index contributed by atoms with van der Waals surface area (Å²) in [6.45, 7) is 0.0826. The molecular formula is C7H5ClN2O2. The van der Waals surface area contributed by atoms with Crippen molar-refractivity contribution in [3.8, 4) is 0 Å². The topological polar surface area (TPSA) is 41.9 Å². The SMILES string of the molecule is O=C1CN=C2C=CN(Cl)C=C2O1. The summed E-state index contributed by atoms with van der Waals surface area (Å²) in [6, 6.07) is 0. The number of carbonyl (C=O) groups is 1.